The van der Waals surface area contributed by atoms with Crippen LogP contribution in [-0.2, 0) is 0 Å². The average Bonchev–Trinajstić information content (AvgIpc) is 2.55. The van der Waals surface area contributed by atoms with Crippen LogP contribution >= 0.6 is 0 Å². The van der Waals surface area contributed by atoms with Gasteiger partial charge in [0, 0.05) is 12.0 Å². The highest BCUT2D eigenvalue weighted by atomic mass is 14.3. The van der Waals surface area contributed by atoms with Crippen molar-refractivity contribution in [2.45, 2.75) is 68.2 Å². The monoisotopic (exact) mass is 347 g/mol. The van der Waals surface area contributed by atoms with Gasteiger partial charge in [-0.25, -0.2) is 0 Å². The first kappa shape index (κ1) is 21.7. The van der Waals surface area contributed by atoms with Crippen LogP contribution in [0.15, 0.2) is 52.7 Å². The van der Waals surface area contributed by atoms with Gasteiger partial charge in [-0.2, -0.15) is 5.26 Å². The lowest BCUT2D eigenvalue weighted by atomic mass is 9.89. The van der Waals surface area contributed by atoms with E-state index < -0.39 is 0 Å². The fraction of sp³-hybridized carbons (Fsp3) is 0.400. The van der Waals surface area contributed by atoms with E-state index in [0.717, 1.165) is 28.7 Å². The predicted molar refractivity (Wildman–Crippen MR) is 115 cm³/mol. The van der Waals surface area contributed by atoms with Crippen molar-refractivity contribution in [2.75, 3.05) is 0 Å². The highest BCUT2D eigenvalue weighted by molar-refractivity contribution is 5.74. The number of allylic oxidation sites excluding steroid dienone is 7. The zero-order valence-corrected chi connectivity index (χ0v) is 17.8. The van der Waals surface area contributed by atoms with E-state index in [1.807, 2.05) is 13.8 Å². The fourth-order valence-corrected chi connectivity index (χ4v) is 3.57. The Morgan fingerprint density at radius 3 is 2.04 bits per heavy atom. The van der Waals surface area contributed by atoms with Crippen molar-refractivity contribution in [1.82, 2.24) is 0 Å². The molecule has 0 atom stereocenters. The third kappa shape index (κ3) is 5.33. The van der Waals surface area contributed by atoms with Gasteiger partial charge < -0.3 is 0 Å². The maximum atomic E-state index is 9.48. The first-order valence-electron chi connectivity index (χ1n) is 9.33. The molecule has 0 bridgehead atoms. The lowest BCUT2D eigenvalue weighted by Crippen LogP contribution is -1.96. The molecule has 0 saturated carbocycles. The van der Waals surface area contributed by atoms with Gasteiger partial charge >= 0.3 is 0 Å². The van der Waals surface area contributed by atoms with Gasteiger partial charge in [0.25, 0.3) is 0 Å². The minimum atomic E-state index is 0.647. The number of nitrogens with zero attached hydrogens (tertiary/aromatic N) is 1. The van der Waals surface area contributed by atoms with Crippen molar-refractivity contribution in [3.8, 4) is 6.07 Å². The molecule has 138 valence electrons. The molecule has 0 aromatic heterocycles. The first-order valence-corrected chi connectivity index (χ1v) is 9.33. The van der Waals surface area contributed by atoms with E-state index in [2.05, 4.69) is 72.4 Å². The summed E-state index contributed by atoms with van der Waals surface area (Å²) in [7, 11) is 0. The van der Waals surface area contributed by atoms with E-state index in [-0.39, 0.29) is 0 Å². The van der Waals surface area contributed by atoms with Crippen LogP contribution in [-0.4, -0.2) is 0 Å². The van der Waals surface area contributed by atoms with Crippen LogP contribution in [0.5, 0.6) is 0 Å². The number of rotatable bonds is 6. The van der Waals surface area contributed by atoms with Crippen molar-refractivity contribution in [1.29, 1.82) is 5.26 Å². The van der Waals surface area contributed by atoms with Crippen LogP contribution in [0.3, 0.4) is 0 Å². The van der Waals surface area contributed by atoms with Gasteiger partial charge in [0.1, 0.15) is 0 Å². The molecule has 0 N–H and O–H groups in total. The molecule has 0 saturated heterocycles. The predicted octanol–water partition coefficient (Wildman–Crippen LogP) is 7.55. The highest BCUT2D eigenvalue weighted by Crippen LogP contribution is 2.30. The quantitative estimate of drug-likeness (QED) is 0.296. The Bertz CT molecular complexity index is 812. The zero-order valence-electron chi connectivity index (χ0n) is 17.8. The van der Waals surface area contributed by atoms with Crippen molar-refractivity contribution < 1.29 is 0 Å². The van der Waals surface area contributed by atoms with Crippen molar-refractivity contribution in [2.24, 2.45) is 0 Å². The molecule has 1 aromatic carbocycles. The highest BCUT2D eigenvalue weighted by Gasteiger charge is 2.10. The summed E-state index contributed by atoms with van der Waals surface area (Å²) in [6.07, 6.45) is 3.86. The second-order valence-electron chi connectivity index (χ2n) is 7.45. The molecule has 1 nitrogen and oxygen atoms in total. The second kappa shape index (κ2) is 9.39. The minimum Gasteiger partial charge on any atom is -0.193 e. The van der Waals surface area contributed by atoms with Crippen LogP contribution in [0, 0.1) is 32.1 Å². The molecule has 0 aliphatic heterocycles. The van der Waals surface area contributed by atoms with E-state index in [4.69, 9.17) is 0 Å². The van der Waals surface area contributed by atoms with Crippen LogP contribution < -0.4 is 0 Å². The normalized spacial score (nSPS) is 13.7. The summed E-state index contributed by atoms with van der Waals surface area (Å²) in [5.41, 5.74) is 12.0. The smallest absolute Gasteiger partial charge is 0.0953 e. The van der Waals surface area contributed by atoms with Crippen LogP contribution in [0.1, 0.15) is 69.7 Å². The molecule has 0 radical (unpaired) electrons. The van der Waals surface area contributed by atoms with Gasteiger partial charge in [0.15, 0.2) is 0 Å². The maximum Gasteiger partial charge on any atom is 0.0953 e. The van der Waals surface area contributed by atoms with Crippen LogP contribution in [0.25, 0.3) is 5.57 Å². The SMILES string of the molecule is C=C(C)C\C(C#N)=C(C)/C(C)=C/C(CC)=C(/C)c1c(C)cc(C)cc1C. The van der Waals surface area contributed by atoms with E-state index in [1.165, 1.54) is 33.4 Å². The topological polar surface area (TPSA) is 23.8 Å². The summed E-state index contributed by atoms with van der Waals surface area (Å²) in [5.74, 6) is 0. The summed E-state index contributed by atoms with van der Waals surface area (Å²) < 4.78 is 0. The molecule has 0 amide bonds. The Kier molecular flexibility index (Phi) is 7.84. The Morgan fingerprint density at radius 1 is 1.08 bits per heavy atom. The Morgan fingerprint density at radius 2 is 1.62 bits per heavy atom. The lowest BCUT2D eigenvalue weighted by molar-refractivity contribution is 1.10. The number of hydrogen-bond donors (Lipinski definition) is 0. The largest absolute Gasteiger partial charge is 0.193 e. The average molecular weight is 348 g/mol. The van der Waals surface area contributed by atoms with E-state index in [9.17, 15) is 5.26 Å². The molecule has 26 heavy (non-hydrogen) atoms. The second-order valence-corrected chi connectivity index (χ2v) is 7.45. The summed E-state index contributed by atoms with van der Waals surface area (Å²) >= 11 is 0. The van der Waals surface area contributed by atoms with Gasteiger partial charge in [-0.1, -0.05) is 42.8 Å². The molecule has 1 aromatic rings. The Hall–Kier alpha value is -2.33. The third-order valence-electron chi connectivity index (χ3n) is 4.96. The molecule has 1 heteroatoms. The van der Waals surface area contributed by atoms with Gasteiger partial charge in [-0.3, -0.25) is 0 Å². The van der Waals surface area contributed by atoms with Gasteiger partial charge in [0.2, 0.25) is 0 Å². The van der Waals surface area contributed by atoms with Crippen LogP contribution in [0.2, 0.25) is 0 Å². The van der Waals surface area contributed by atoms with E-state index in [0.29, 0.717) is 6.42 Å². The Balaban J connectivity index is 3.49. The molecular formula is C25H33N. The van der Waals surface area contributed by atoms with E-state index in [1.54, 1.807) is 0 Å². The molecule has 0 heterocycles. The molecule has 1 rings (SSSR count). The Labute approximate surface area is 160 Å². The first-order chi connectivity index (χ1) is 12.1. The molecule has 0 spiro atoms. The van der Waals surface area contributed by atoms with Gasteiger partial charge in [-0.15, -0.1) is 0 Å². The third-order valence-corrected chi connectivity index (χ3v) is 4.96. The van der Waals surface area contributed by atoms with Crippen molar-refractivity contribution in [3.05, 3.63) is 74.9 Å². The number of nitriles is 1. The van der Waals surface area contributed by atoms with Gasteiger partial charge in [0.05, 0.1) is 6.07 Å². The lowest BCUT2D eigenvalue weighted by Gasteiger charge is -2.16. The standard InChI is InChI=1S/C25H33N/c1-10-23(14-18(5)21(8)24(15-26)11-16(2)3)22(9)25-19(6)12-17(4)13-20(25)7/h12-14H,2,10-11H2,1,3-9H3/b18-14+,23-22-,24-21+. The molecule has 0 aliphatic carbocycles. The summed E-state index contributed by atoms with van der Waals surface area (Å²) in [6, 6.07) is 6.86. The molecular weight excluding hydrogens is 314 g/mol. The summed E-state index contributed by atoms with van der Waals surface area (Å²) in [6.45, 7) is 21.0. The maximum absolute atomic E-state index is 9.48. The molecule has 0 fully saturated rings. The number of benzene rings is 1. The van der Waals surface area contributed by atoms with Crippen molar-refractivity contribution >= 4 is 5.57 Å². The van der Waals surface area contributed by atoms with E-state index >= 15 is 0 Å². The number of hydrogen-bond acceptors (Lipinski definition) is 1. The van der Waals surface area contributed by atoms with Crippen LogP contribution in [0.4, 0.5) is 0 Å². The fourth-order valence-electron chi connectivity index (χ4n) is 3.57. The molecule has 0 aliphatic rings. The summed E-state index contributed by atoms with van der Waals surface area (Å²) in [4.78, 5) is 0. The minimum absolute atomic E-state index is 0.647. The zero-order chi connectivity index (χ0) is 20.0. The molecule has 0 unspecified atom stereocenters. The van der Waals surface area contributed by atoms with Gasteiger partial charge in [-0.05, 0) is 93.9 Å². The van der Waals surface area contributed by atoms with Crippen molar-refractivity contribution in [3.63, 3.8) is 0 Å². The summed E-state index contributed by atoms with van der Waals surface area (Å²) in [5, 5.41) is 9.48. The number of aryl methyl sites for hydroxylation is 3.